The molecule has 27 heavy (non-hydrogen) atoms. The van der Waals surface area contributed by atoms with Gasteiger partial charge in [-0.2, -0.15) is 0 Å². The number of hydrogen-bond acceptors (Lipinski definition) is 4. The minimum absolute atomic E-state index is 0.0461. The van der Waals surface area contributed by atoms with Crippen molar-refractivity contribution in [2.45, 2.75) is 18.3 Å². The molecule has 1 aliphatic heterocycles. The van der Waals surface area contributed by atoms with Gasteiger partial charge in [-0.25, -0.2) is 0 Å². The molecule has 5 heteroatoms. The maximum atomic E-state index is 12.9. The predicted octanol–water partition coefficient (Wildman–Crippen LogP) is 3.10. The van der Waals surface area contributed by atoms with Crippen LogP contribution in [0.2, 0.25) is 0 Å². The number of carbonyl (C=O) groups excluding carboxylic acids is 1. The molecule has 0 aromatic heterocycles. The molecule has 144 valence electrons. The van der Waals surface area contributed by atoms with E-state index in [-0.39, 0.29) is 11.3 Å². The molecule has 0 spiro atoms. The van der Waals surface area contributed by atoms with E-state index in [1.807, 2.05) is 6.07 Å². The molecule has 1 saturated heterocycles. The topological polar surface area (TPSA) is 50.8 Å². The molecule has 0 bridgehead atoms. The summed E-state index contributed by atoms with van der Waals surface area (Å²) in [5.74, 6) is 0.886. The SMILES string of the molecule is COc1cccc(C(=O)NCC2(c3ccccc3)CCN(C)CC2)c1OC. The largest absolute Gasteiger partial charge is 0.493 e. The number of nitrogens with one attached hydrogen (secondary N) is 1. The first kappa shape index (κ1) is 19.2. The Kier molecular flexibility index (Phi) is 6.01. The zero-order valence-electron chi connectivity index (χ0n) is 16.3. The van der Waals surface area contributed by atoms with E-state index in [9.17, 15) is 4.79 Å². The predicted molar refractivity (Wildman–Crippen MR) is 107 cm³/mol. The minimum Gasteiger partial charge on any atom is -0.493 e. The molecule has 1 fully saturated rings. The number of benzene rings is 2. The second kappa shape index (κ2) is 8.44. The monoisotopic (exact) mass is 368 g/mol. The summed E-state index contributed by atoms with van der Waals surface area (Å²) < 4.78 is 10.7. The smallest absolute Gasteiger partial charge is 0.255 e. The van der Waals surface area contributed by atoms with Crippen LogP contribution in [-0.2, 0) is 5.41 Å². The molecule has 0 aliphatic carbocycles. The minimum atomic E-state index is -0.139. The summed E-state index contributed by atoms with van der Waals surface area (Å²) in [4.78, 5) is 15.3. The number of rotatable bonds is 6. The van der Waals surface area contributed by atoms with Crippen molar-refractivity contribution in [3.05, 3.63) is 59.7 Å². The summed E-state index contributed by atoms with van der Waals surface area (Å²) in [6, 6.07) is 15.9. The van der Waals surface area contributed by atoms with Gasteiger partial charge in [0, 0.05) is 12.0 Å². The normalized spacial score (nSPS) is 16.6. The van der Waals surface area contributed by atoms with Gasteiger partial charge >= 0.3 is 0 Å². The molecule has 5 nitrogen and oxygen atoms in total. The molecule has 1 heterocycles. The van der Waals surface area contributed by atoms with Gasteiger partial charge in [-0.05, 0) is 50.7 Å². The van der Waals surface area contributed by atoms with Crippen LogP contribution in [-0.4, -0.2) is 51.7 Å². The first-order valence-electron chi connectivity index (χ1n) is 9.33. The van der Waals surface area contributed by atoms with E-state index in [1.165, 1.54) is 5.56 Å². The van der Waals surface area contributed by atoms with Crippen LogP contribution in [0.15, 0.2) is 48.5 Å². The maximum absolute atomic E-state index is 12.9. The van der Waals surface area contributed by atoms with Gasteiger partial charge in [0.25, 0.3) is 5.91 Å². The molecule has 2 aromatic carbocycles. The lowest BCUT2D eigenvalue weighted by molar-refractivity contribution is 0.0924. The highest BCUT2D eigenvalue weighted by Crippen LogP contribution is 2.35. The Morgan fingerprint density at radius 2 is 1.74 bits per heavy atom. The lowest BCUT2D eigenvalue weighted by Gasteiger charge is -2.41. The molecule has 3 rings (SSSR count). The van der Waals surface area contributed by atoms with Gasteiger partial charge in [0.05, 0.1) is 19.8 Å². The van der Waals surface area contributed by atoms with Gasteiger partial charge in [0.2, 0.25) is 0 Å². The van der Waals surface area contributed by atoms with E-state index in [1.54, 1.807) is 32.4 Å². The fourth-order valence-electron chi connectivity index (χ4n) is 3.82. The average molecular weight is 368 g/mol. The quantitative estimate of drug-likeness (QED) is 0.851. The highest BCUT2D eigenvalue weighted by molar-refractivity contribution is 5.97. The third-order valence-electron chi connectivity index (χ3n) is 5.57. The summed E-state index contributed by atoms with van der Waals surface area (Å²) >= 11 is 0. The standard InChI is InChI=1S/C22H28N2O3/c1-24-14-12-22(13-15-24,17-8-5-4-6-9-17)16-23-21(25)18-10-7-11-19(26-2)20(18)27-3/h4-11H,12-16H2,1-3H3,(H,23,25). The van der Waals surface area contributed by atoms with E-state index < -0.39 is 0 Å². The lowest BCUT2D eigenvalue weighted by Crippen LogP contribution is -2.48. The summed E-state index contributed by atoms with van der Waals surface area (Å²) in [5.41, 5.74) is 1.74. The van der Waals surface area contributed by atoms with Crippen LogP contribution in [0.25, 0.3) is 0 Å². The van der Waals surface area contributed by atoms with E-state index in [0.717, 1.165) is 25.9 Å². The van der Waals surface area contributed by atoms with Gasteiger partial charge < -0.3 is 19.7 Å². The number of ether oxygens (including phenoxy) is 2. The van der Waals surface area contributed by atoms with Crippen LogP contribution >= 0.6 is 0 Å². The zero-order valence-corrected chi connectivity index (χ0v) is 16.3. The van der Waals surface area contributed by atoms with Gasteiger partial charge in [-0.3, -0.25) is 4.79 Å². The summed E-state index contributed by atoms with van der Waals surface area (Å²) in [7, 11) is 5.27. The van der Waals surface area contributed by atoms with Crippen molar-refractivity contribution < 1.29 is 14.3 Å². The fraction of sp³-hybridized carbons (Fsp3) is 0.409. The van der Waals surface area contributed by atoms with E-state index in [4.69, 9.17) is 9.47 Å². The first-order chi connectivity index (χ1) is 13.1. The maximum Gasteiger partial charge on any atom is 0.255 e. The number of piperidine rings is 1. The molecule has 0 radical (unpaired) electrons. The number of para-hydroxylation sites is 1. The average Bonchev–Trinajstić information content (AvgIpc) is 2.73. The van der Waals surface area contributed by atoms with E-state index >= 15 is 0 Å². The molecule has 0 saturated carbocycles. The third-order valence-corrected chi connectivity index (χ3v) is 5.57. The fourth-order valence-corrected chi connectivity index (χ4v) is 3.82. The van der Waals surface area contributed by atoms with Crippen LogP contribution in [0.1, 0.15) is 28.8 Å². The Labute approximate surface area is 161 Å². The summed E-state index contributed by atoms with van der Waals surface area (Å²) in [6.07, 6.45) is 2.03. The number of carbonyl (C=O) groups is 1. The van der Waals surface area contributed by atoms with Gasteiger partial charge in [0.1, 0.15) is 0 Å². The number of methoxy groups -OCH3 is 2. The van der Waals surface area contributed by atoms with E-state index in [2.05, 4.69) is 41.5 Å². The number of amides is 1. The first-order valence-corrected chi connectivity index (χ1v) is 9.33. The number of hydrogen-bond donors (Lipinski definition) is 1. The molecule has 0 atom stereocenters. The van der Waals surface area contributed by atoms with Crippen molar-refractivity contribution in [1.29, 1.82) is 0 Å². The van der Waals surface area contributed by atoms with Crippen LogP contribution in [0.3, 0.4) is 0 Å². The second-order valence-electron chi connectivity index (χ2n) is 7.17. The van der Waals surface area contributed by atoms with Crippen molar-refractivity contribution in [3.8, 4) is 11.5 Å². The van der Waals surface area contributed by atoms with Crippen molar-refractivity contribution in [2.75, 3.05) is 40.9 Å². The number of nitrogens with zero attached hydrogens (tertiary/aromatic N) is 1. The molecule has 1 N–H and O–H groups in total. The van der Waals surface area contributed by atoms with Gasteiger partial charge in [-0.1, -0.05) is 36.4 Å². The highest BCUT2D eigenvalue weighted by atomic mass is 16.5. The molecular formula is C22H28N2O3. The van der Waals surface area contributed by atoms with Gasteiger partial charge in [0.15, 0.2) is 11.5 Å². The Balaban J connectivity index is 1.81. The molecular weight excluding hydrogens is 340 g/mol. The van der Waals surface area contributed by atoms with Crippen LogP contribution < -0.4 is 14.8 Å². The lowest BCUT2D eigenvalue weighted by atomic mass is 9.72. The molecule has 1 aliphatic rings. The van der Waals surface area contributed by atoms with Crippen LogP contribution in [0.5, 0.6) is 11.5 Å². The van der Waals surface area contributed by atoms with Crippen LogP contribution in [0, 0.1) is 0 Å². The summed E-state index contributed by atoms with van der Waals surface area (Å²) in [5, 5.41) is 3.16. The number of likely N-dealkylation sites (tertiary alicyclic amines) is 1. The second-order valence-corrected chi connectivity index (χ2v) is 7.17. The Hall–Kier alpha value is -2.53. The Morgan fingerprint density at radius 1 is 1.04 bits per heavy atom. The van der Waals surface area contributed by atoms with Crippen LogP contribution in [0.4, 0.5) is 0 Å². The Morgan fingerprint density at radius 3 is 2.37 bits per heavy atom. The highest BCUT2D eigenvalue weighted by Gasteiger charge is 2.36. The van der Waals surface area contributed by atoms with Gasteiger partial charge in [-0.15, -0.1) is 0 Å². The van der Waals surface area contributed by atoms with Crippen molar-refractivity contribution in [2.24, 2.45) is 0 Å². The molecule has 0 unspecified atom stereocenters. The Bertz CT molecular complexity index is 768. The third kappa shape index (κ3) is 4.08. The summed E-state index contributed by atoms with van der Waals surface area (Å²) in [6.45, 7) is 2.64. The van der Waals surface area contributed by atoms with Crippen molar-refractivity contribution in [1.82, 2.24) is 10.2 Å². The molecule has 1 amide bonds. The van der Waals surface area contributed by atoms with Crippen molar-refractivity contribution in [3.63, 3.8) is 0 Å². The van der Waals surface area contributed by atoms with E-state index in [0.29, 0.717) is 23.6 Å². The zero-order chi connectivity index (χ0) is 19.3. The molecule has 2 aromatic rings. The van der Waals surface area contributed by atoms with Crippen molar-refractivity contribution >= 4 is 5.91 Å².